The Morgan fingerprint density at radius 3 is 2.15 bits per heavy atom. The summed E-state index contributed by atoms with van der Waals surface area (Å²) in [6, 6.07) is 15.3. The van der Waals surface area contributed by atoms with Crippen LogP contribution in [0.3, 0.4) is 0 Å². The fourth-order valence-corrected chi connectivity index (χ4v) is 6.80. The molecule has 1 aliphatic carbocycles. The normalized spacial score (nSPS) is 21.6. The lowest BCUT2D eigenvalue weighted by molar-refractivity contribution is -0.131. The Balaban J connectivity index is 1.71. The molecule has 6 rings (SSSR count). The molecule has 40 heavy (non-hydrogen) atoms. The molecule has 1 saturated heterocycles. The molecule has 0 saturated carbocycles. The van der Waals surface area contributed by atoms with Crippen LogP contribution in [-0.4, -0.2) is 49.6 Å². The summed E-state index contributed by atoms with van der Waals surface area (Å²) >= 11 is 0. The molecule has 8 heteroatoms. The summed E-state index contributed by atoms with van der Waals surface area (Å²) in [6.45, 7) is 2.75. The zero-order chi connectivity index (χ0) is 28.3. The molecule has 8 nitrogen and oxygen atoms in total. The molecule has 0 radical (unpaired) electrons. The molecular weight excluding hydrogens is 510 g/mol. The van der Waals surface area contributed by atoms with Gasteiger partial charge in [-0.15, -0.1) is 0 Å². The molecule has 1 fully saturated rings. The van der Waals surface area contributed by atoms with E-state index in [0.29, 0.717) is 39.4 Å². The molecular formula is C32H27NO7. The summed E-state index contributed by atoms with van der Waals surface area (Å²) < 4.78 is 16.9. The maximum absolute atomic E-state index is 14.6. The molecule has 3 atom stereocenters. The van der Waals surface area contributed by atoms with Gasteiger partial charge in [-0.05, 0) is 31.2 Å². The van der Waals surface area contributed by atoms with Crippen molar-refractivity contribution in [3.63, 3.8) is 0 Å². The molecule has 0 unspecified atom stereocenters. The van der Waals surface area contributed by atoms with Crippen LogP contribution in [0.25, 0.3) is 6.08 Å². The second-order valence-corrected chi connectivity index (χ2v) is 10.2. The minimum Gasteiger partial charge on any atom is -0.497 e. The summed E-state index contributed by atoms with van der Waals surface area (Å²) in [5, 5.41) is 0. The summed E-state index contributed by atoms with van der Waals surface area (Å²) in [6.07, 6.45) is 3.63. The Hall–Kier alpha value is -4.72. The number of benzene rings is 3. The van der Waals surface area contributed by atoms with E-state index in [-0.39, 0.29) is 23.1 Å². The molecule has 3 aliphatic rings. The predicted octanol–water partition coefficient (Wildman–Crippen LogP) is 4.65. The number of anilines is 1. The predicted molar refractivity (Wildman–Crippen MR) is 147 cm³/mol. The Labute approximate surface area is 231 Å². The number of carbonyl (C=O) groups is 4. The van der Waals surface area contributed by atoms with E-state index in [1.165, 1.54) is 28.1 Å². The van der Waals surface area contributed by atoms with Gasteiger partial charge in [0.1, 0.15) is 16.9 Å². The van der Waals surface area contributed by atoms with Crippen molar-refractivity contribution in [1.29, 1.82) is 0 Å². The molecule has 3 aromatic rings. The average molecular weight is 538 g/mol. The van der Waals surface area contributed by atoms with E-state index in [9.17, 15) is 19.2 Å². The topological polar surface area (TPSA) is 99.2 Å². The van der Waals surface area contributed by atoms with E-state index < -0.39 is 29.4 Å². The number of methoxy groups -OCH3 is 2. The highest BCUT2D eigenvalue weighted by molar-refractivity contribution is 6.32. The number of Topliss-reactive ketones (excluding diaryl/α,β-unsaturated/α-hetero) is 3. The summed E-state index contributed by atoms with van der Waals surface area (Å²) in [7, 11) is 3.03. The van der Waals surface area contributed by atoms with Gasteiger partial charge < -0.3 is 19.1 Å². The SMILES string of the molecule is COc1ccc(OC)c([C@H]2[C@H](C(C)=O)N3c4c(cccc4OC(C)=O)C=C[C@@H]3C23C(=O)c2ccccc2C3=O)c1. The van der Waals surface area contributed by atoms with Gasteiger partial charge in [-0.25, -0.2) is 0 Å². The molecule has 0 N–H and O–H groups in total. The molecule has 2 aliphatic heterocycles. The lowest BCUT2D eigenvalue weighted by Crippen LogP contribution is -2.48. The third-order valence-electron chi connectivity index (χ3n) is 8.23. The number of hydrogen-bond acceptors (Lipinski definition) is 8. The molecule has 2 heterocycles. The van der Waals surface area contributed by atoms with Crippen molar-refractivity contribution >= 4 is 35.1 Å². The lowest BCUT2D eigenvalue weighted by atomic mass is 9.64. The van der Waals surface area contributed by atoms with Crippen molar-refractivity contribution in [3.8, 4) is 17.2 Å². The van der Waals surface area contributed by atoms with Gasteiger partial charge >= 0.3 is 5.97 Å². The van der Waals surface area contributed by atoms with Crippen LogP contribution in [0.1, 0.15) is 51.6 Å². The molecule has 3 aromatic carbocycles. The van der Waals surface area contributed by atoms with E-state index in [2.05, 4.69) is 0 Å². The second kappa shape index (κ2) is 9.19. The number of para-hydroxylation sites is 1. The van der Waals surface area contributed by atoms with Crippen molar-refractivity contribution in [2.24, 2.45) is 5.41 Å². The summed E-state index contributed by atoms with van der Waals surface area (Å²) in [5.41, 5.74) is 0.616. The molecule has 0 aromatic heterocycles. The van der Waals surface area contributed by atoms with Gasteiger partial charge in [0.2, 0.25) is 0 Å². The van der Waals surface area contributed by atoms with Gasteiger partial charge in [-0.2, -0.15) is 0 Å². The van der Waals surface area contributed by atoms with E-state index in [0.717, 1.165) is 0 Å². The highest BCUT2D eigenvalue weighted by Gasteiger charge is 2.71. The number of nitrogens with zero attached hydrogens (tertiary/aromatic N) is 1. The third-order valence-corrected chi connectivity index (χ3v) is 8.23. The number of ketones is 3. The first-order valence-corrected chi connectivity index (χ1v) is 12.9. The van der Waals surface area contributed by atoms with Crippen LogP contribution in [0.4, 0.5) is 5.69 Å². The van der Waals surface area contributed by atoms with Gasteiger partial charge in [0.15, 0.2) is 23.1 Å². The minimum absolute atomic E-state index is 0.245. The van der Waals surface area contributed by atoms with Crippen LogP contribution < -0.4 is 19.1 Å². The number of fused-ring (bicyclic) bond motifs is 5. The number of carbonyl (C=O) groups excluding carboxylic acids is 4. The molecule has 1 spiro atoms. The maximum atomic E-state index is 14.6. The summed E-state index contributed by atoms with van der Waals surface area (Å²) in [4.78, 5) is 56.9. The minimum atomic E-state index is -1.70. The van der Waals surface area contributed by atoms with Gasteiger partial charge in [-0.1, -0.05) is 48.6 Å². The fourth-order valence-electron chi connectivity index (χ4n) is 6.80. The zero-order valence-corrected chi connectivity index (χ0v) is 22.5. The number of ether oxygens (including phenoxy) is 3. The van der Waals surface area contributed by atoms with Crippen molar-refractivity contribution < 1.29 is 33.4 Å². The van der Waals surface area contributed by atoms with Gasteiger partial charge in [-0.3, -0.25) is 19.2 Å². The quantitative estimate of drug-likeness (QED) is 0.264. The van der Waals surface area contributed by atoms with Crippen LogP contribution in [0.2, 0.25) is 0 Å². The van der Waals surface area contributed by atoms with Gasteiger partial charge in [0.05, 0.1) is 32.0 Å². The fraction of sp³-hybridized carbons (Fsp3) is 0.250. The van der Waals surface area contributed by atoms with Crippen LogP contribution in [0.5, 0.6) is 17.2 Å². The monoisotopic (exact) mass is 537 g/mol. The average Bonchev–Trinajstić information content (AvgIpc) is 3.38. The van der Waals surface area contributed by atoms with Crippen molar-refractivity contribution in [3.05, 3.63) is 89.0 Å². The Morgan fingerprint density at radius 1 is 0.850 bits per heavy atom. The van der Waals surface area contributed by atoms with Gasteiger partial charge in [0.25, 0.3) is 0 Å². The lowest BCUT2D eigenvalue weighted by Gasteiger charge is -2.37. The Bertz CT molecular complexity index is 1600. The van der Waals surface area contributed by atoms with Crippen molar-refractivity contribution in [1.82, 2.24) is 0 Å². The van der Waals surface area contributed by atoms with Crippen LogP contribution >= 0.6 is 0 Å². The second-order valence-electron chi connectivity index (χ2n) is 10.2. The van der Waals surface area contributed by atoms with E-state index in [1.807, 2.05) is 18.2 Å². The van der Waals surface area contributed by atoms with Crippen LogP contribution in [0, 0.1) is 5.41 Å². The number of esters is 1. The Morgan fingerprint density at radius 2 is 1.55 bits per heavy atom. The van der Waals surface area contributed by atoms with Crippen LogP contribution in [0.15, 0.2) is 66.7 Å². The Kier molecular flexibility index (Phi) is 5.87. The van der Waals surface area contributed by atoms with E-state index >= 15 is 0 Å². The number of rotatable bonds is 5. The van der Waals surface area contributed by atoms with Crippen molar-refractivity contribution in [2.45, 2.75) is 31.8 Å². The maximum Gasteiger partial charge on any atom is 0.308 e. The standard InChI is InChI=1S/C32H27NO7/c1-17(34)28-27(23-16-20(38-3)13-14-24(23)39-4)32(30(36)21-9-5-6-10-22(21)31(32)37)26-15-12-19-8-7-11-25(40-18(2)35)29(19)33(26)28/h5-16,26-28H,1-4H3/t26-,27+,28+/m1/s1. The van der Waals surface area contributed by atoms with E-state index in [1.54, 1.807) is 59.5 Å². The summed E-state index contributed by atoms with van der Waals surface area (Å²) in [5.74, 6) is -1.30. The number of hydrogen-bond donors (Lipinski definition) is 0. The molecule has 202 valence electrons. The first kappa shape index (κ1) is 25.6. The highest BCUT2D eigenvalue weighted by atomic mass is 16.5. The molecule has 0 bridgehead atoms. The molecule has 0 amide bonds. The first-order valence-electron chi connectivity index (χ1n) is 12.9. The van der Waals surface area contributed by atoms with Gasteiger partial charge in [0, 0.05) is 35.1 Å². The van der Waals surface area contributed by atoms with Crippen molar-refractivity contribution in [2.75, 3.05) is 19.1 Å². The zero-order valence-electron chi connectivity index (χ0n) is 22.5. The van der Waals surface area contributed by atoms with Crippen LogP contribution in [-0.2, 0) is 9.59 Å². The smallest absolute Gasteiger partial charge is 0.308 e. The third kappa shape index (κ3) is 3.31. The van der Waals surface area contributed by atoms with E-state index in [4.69, 9.17) is 14.2 Å². The largest absolute Gasteiger partial charge is 0.497 e. The highest BCUT2D eigenvalue weighted by Crippen LogP contribution is 2.62. The first-order chi connectivity index (χ1) is 19.2.